The first-order valence-electron chi connectivity index (χ1n) is 12.6. The highest BCUT2D eigenvalue weighted by atomic mass is 19.2. The number of rotatable bonds is 10. The van der Waals surface area contributed by atoms with Crippen molar-refractivity contribution < 1.29 is 31.5 Å². The van der Waals surface area contributed by atoms with Gasteiger partial charge in [0.15, 0.2) is 5.75 Å². The van der Waals surface area contributed by atoms with Crippen LogP contribution in [0.3, 0.4) is 0 Å². The number of amides is 1. The number of hydrogen-bond acceptors (Lipinski definition) is 2. The van der Waals surface area contributed by atoms with Crippen molar-refractivity contribution in [1.29, 1.82) is 0 Å². The lowest BCUT2D eigenvalue weighted by molar-refractivity contribution is 0.0930. The number of carbonyl (C=O) groups is 1. The highest BCUT2D eigenvalue weighted by molar-refractivity contribution is 5.96. The first-order chi connectivity index (χ1) is 17.9. The molecule has 3 rings (SSSR count). The molecule has 0 aromatic heterocycles. The van der Waals surface area contributed by atoms with Gasteiger partial charge in [0.25, 0.3) is 5.91 Å². The molecule has 3 nitrogen and oxygen atoms in total. The van der Waals surface area contributed by atoms with Crippen LogP contribution in [0.1, 0.15) is 77.8 Å². The molecule has 1 N–H and O–H groups in total. The van der Waals surface area contributed by atoms with E-state index in [9.17, 15) is 26.7 Å². The average molecular weight is 534 g/mol. The van der Waals surface area contributed by atoms with Crippen LogP contribution in [0.15, 0.2) is 36.4 Å². The molecule has 0 spiro atoms. The number of carbonyl (C=O) groups excluding carboxylic acids is 1. The molecule has 0 bridgehead atoms. The SMILES string of the molecule is CCCc1ccc(COc2c(F)c(F)c(F)c(F)c2F)cc1C(=O)NC(CC(C)C)c1cc(C)cc(C)c1. The second-order valence-electron chi connectivity index (χ2n) is 10.0. The predicted molar refractivity (Wildman–Crippen MR) is 137 cm³/mol. The molecule has 0 aliphatic carbocycles. The largest absolute Gasteiger partial charge is 0.483 e. The van der Waals surface area contributed by atoms with E-state index in [0.29, 0.717) is 29.9 Å². The van der Waals surface area contributed by atoms with Gasteiger partial charge < -0.3 is 10.1 Å². The summed E-state index contributed by atoms with van der Waals surface area (Å²) in [7, 11) is 0. The summed E-state index contributed by atoms with van der Waals surface area (Å²) in [6, 6.07) is 10.7. The third-order valence-electron chi connectivity index (χ3n) is 6.15. The number of benzene rings is 3. The number of hydrogen-bond donors (Lipinski definition) is 1. The molecule has 3 aromatic carbocycles. The van der Waals surface area contributed by atoms with Crippen LogP contribution in [0.5, 0.6) is 5.75 Å². The van der Waals surface area contributed by atoms with Gasteiger partial charge >= 0.3 is 0 Å². The highest BCUT2D eigenvalue weighted by Gasteiger charge is 2.27. The first-order valence-corrected chi connectivity index (χ1v) is 12.6. The molecule has 1 unspecified atom stereocenters. The molecule has 0 aliphatic rings. The van der Waals surface area contributed by atoms with Gasteiger partial charge in [-0.05, 0) is 55.4 Å². The minimum atomic E-state index is -2.25. The van der Waals surface area contributed by atoms with Crippen LogP contribution < -0.4 is 10.1 Å². The van der Waals surface area contributed by atoms with Gasteiger partial charge in [0.2, 0.25) is 29.1 Å². The summed E-state index contributed by atoms with van der Waals surface area (Å²) in [5.41, 5.74) is 4.64. The topological polar surface area (TPSA) is 38.3 Å². The Morgan fingerprint density at radius 3 is 2.00 bits per heavy atom. The molecular formula is C30H32F5NO2. The van der Waals surface area contributed by atoms with Crippen LogP contribution in [0.25, 0.3) is 0 Å². The Bertz CT molecular complexity index is 1270. The summed E-state index contributed by atoms with van der Waals surface area (Å²) in [4.78, 5) is 13.5. The summed E-state index contributed by atoms with van der Waals surface area (Å²) in [5, 5.41) is 3.13. The maximum absolute atomic E-state index is 14.0. The number of halogens is 5. The Hall–Kier alpha value is -3.42. The molecule has 0 heterocycles. The third kappa shape index (κ3) is 6.71. The van der Waals surface area contributed by atoms with E-state index >= 15 is 0 Å². The van der Waals surface area contributed by atoms with Crippen LogP contribution in [0.4, 0.5) is 22.0 Å². The fraction of sp³-hybridized carbons (Fsp3) is 0.367. The van der Waals surface area contributed by atoms with E-state index in [0.717, 1.165) is 28.7 Å². The molecular weight excluding hydrogens is 501 g/mol. The van der Waals surface area contributed by atoms with Crippen molar-refractivity contribution in [3.05, 3.63) is 98.9 Å². The maximum atomic E-state index is 14.0. The quantitative estimate of drug-likeness (QED) is 0.163. The minimum Gasteiger partial charge on any atom is -0.483 e. The zero-order valence-electron chi connectivity index (χ0n) is 22.2. The second kappa shape index (κ2) is 12.4. The Morgan fingerprint density at radius 2 is 1.45 bits per heavy atom. The number of aryl methyl sites for hydroxylation is 3. The van der Waals surface area contributed by atoms with Crippen molar-refractivity contribution in [2.75, 3.05) is 0 Å². The Balaban J connectivity index is 1.91. The van der Waals surface area contributed by atoms with E-state index in [-0.39, 0.29) is 11.9 Å². The minimum absolute atomic E-state index is 0.246. The van der Waals surface area contributed by atoms with Gasteiger partial charge in [0, 0.05) is 5.56 Å². The van der Waals surface area contributed by atoms with Crippen molar-refractivity contribution in [3.8, 4) is 5.75 Å². The van der Waals surface area contributed by atoms with Gasteiger partial charge in [-0.25, -0.2) is 13.2 Å². The van der Waals surface area contributed by atoms with Crippen LogP contribution in [-0.2, 0) is 13.0 Å². The van der Waals surface area contributed by atoms with Crippen molar-refractivity contribution in [1.82, 2.24) is 5.32 Å². The zero-order chi connectivity index (χ0) is 28.1. The summed E-state index contributed by atoms with van der Waals surface area (Å²) in [6.07, 6.45) is 2.09. The molecule has 1 amide bonds. The molecule has 1 atom stereocenters. The molecule has 0 radical (unpaired) electrons. The summed E-state index contributed by atoms with van der Waals surface area (Å²) < 4.78 is 73.5. The molecule has 204 valence electrons. The van der Waals surface area contributed by atoms with E-state index in [2.05, 4.69) is 25.2 Å². The van der Waals surface area contributed by atoms with Gasteiger partial charge in [-0.2, -0.15) is 8.78 Å². The second-order valence-corrected chi connectivity index (χ2v) is 10.0. The maximum Gasteiger partial charge on any atom is 0.252 e. The Kier molecular flexibility index (Phi) is 9.52. The van der Waals surface area contributed by atoms with Gasteiger partial charge in [-0.3, -0.25) is 4.79 Å². The molecule has 0 saturated heterocycles. The molecule has 0 fully saturated rings. The summed E-state index contributed by atoms with van der Waals surface area (Å²) >= 11 is 0. The van der Waals surface area contributed by atoms with Gasteiger partial charge in [0.1, 0.15) is 6.61 Å². The lowest BCUT2D eigenvalue weighted by Gasteiger charge is -2.23. The third-order valence-corrected chi connectivity index (χ3v) is 6.15. The lowest BCUT2D eigenvalue weighted by Crippen LogP contribution is -2.30. The molecule has 38 heavy (non-hydrogen) atoms. The Morgan fingerprint density at radius 1 is 0.868 bits per heavy atom. The van der Waals surface area contributed by atoms with E-state index < -0.39 is 41.4 Å². The smallest absolute Gasteiger partial charge is 0.252 e. The summed E-state index contributed by atoms with van der Waals surface area (Å²) in [5.74, 6) is -11.9. The highest BCUT2D eigenvalue weighted by Crippen LogP contribution is 2.30. The van der Waals surface area contributed by atoms with Crippen molar-refractivity contribution in [3.63, 3.8) is 0 Å². The van der Waals surface area contributed by atoms with Gasteiger partial charge in [-0.1, -0.05) is 68.7 Å². The van der Waals surface area contributed by atoms with E-state index in [1.807, 2.05) is 32.9 Å². The number of nitrogens with one attached hydrogen (secondary N) is 1. The van der Waals surface area contributed by atoms with E-state index in [4.69, 9.17) is 4.74 Å². The molecule has 3 aromatic rings. The van der Waals surface area contributed by atoms with Gasteiger partial charge in [0.05, 0.1) is 6.04 Å². The van der Waals surface area contributed by atoms with Crippen LogP contribution >= 0.6 is 0 Å². The number of ether oxygens (including phenoxy) is 1. The molecule has 0 saturated carbocycles. The fourth-order valence-electron chi connectivity index (χ4n) is 4.48. The monoisotopic (exact) mass is 533 g/mol. The normalized spacial score (nSPS) is 12.1. The van der Waals surface area contributed by atoms with Crippen LogP contribution in [-0.4, -0.2) is 5.91 Å². The lowest BCUT2D eigenvalue weighted by atomic mass is 9.93. The van der Waals surface area contributed by atoms with Crippen molar-refractivity contribution >= 4 is 5.91 Å². The predicted octanol–water partition coefficient (Wildman–Crippen LogP) is 8.05. The molecule has 8 heteroatoms. The first kappa shape index (κ1) is 29.1. The van der Waals surface area contributed by atoms with Crippen molar-refractivity contribution in [2.24, 2.45) is 5.92 Å². The Labute approximate surface area is 220 Å². The zero-order valence-corrected chi connectivity index (χ0v) is 22.2. The van der Waals surface area contributed by atoms with E-state index in [1.165, 1.54) is 6.07 Å². The summed E-state index contributed by atoms with van der Waals surface area (Å²) in [6.45, 7) is 9.61. The standard InChI is InChI=1S/C30H32F5NO2/c1-6-7-20-9-8-19(15-38-29-27(34)25(32)24(31)26(33)28(29)35)14-22(20)30(37)36-23(10-16(2)3)21-12-17(4)11-18(5)13-21/h8-9,11-14,16,23H,6-7,10,15H2,1-5H3,(H,36,37). The van der Waals surface area contributed by atoms with Crippen LogP contribution in [0.2, 0.25) is 0 Å². The molecule has 0 aliphatic heterocycles. The van der Waals surface area contributed by atoms with Crippen molar-refractivity contribution in [2.45, 2.75) is 66.5 Å². The van der Waals surface area contributed by atoms with Crippen LogP contribution in [0, 0.1) is 48.9 Å². The van der Waals surface area contributed by atoms with E-state index in [1.54, 1.807) is 12.1 Å². The van der Waals surface area contributed by atoms with Gasteiger partial charge in [-0.15, -0.1) is 0 Å². The fourth-order valence-corrected chi connectivity index (χ4v) is 4.48. The average Bonchev–Trinajstić information content (AvgIpc) is 2.85.